The Morgan fingerprint density at radius 3 is 2.38 bits per heavy atom. The van der Waals surface area contributed by atoms with Gasteiger partial charge >= 0.3 is 0 Å². The van der Waals surface area contributed by atoms with Gasteiger partial charge < -0.3 is 5.11 Å². The summed E-state index contributed by atoms with van der Waals surface area (Å²) in [4.78, 5) is 2.37. The molecule has 1 unspecified atom stereocenters. The number of rotatable bonds is 7. The molecule has 2 heteroatoms. The van der Waals surface area contributed by atoms with Gasteiger partial charge in [0.05, 0.1) is 6.61 Å². The minimum Gasteiger partial charge on any atom is -0.395 e. The van der Waals surface area contributed by atoms with E-state index in [4.69, 9.17) is 0 Å². The van der Waals surface area contributed by atoms with E-state index in [0.29, 0.717) is 6.04 Å². The van der Waals surface area contributed by atoms with Gasteiger partial charge in [-0.15, -0.1) is 0 Å². The maximum atomic E-state index is 9.36. The predicted molar refractivity (Wildman–Crippen MR) is 68.3 cm³/mol. The molecule has 0 heterocycles. The van der Waals surface area contributed by atoms with E-state index in [0.717, 1.165) is 25.9 Å². The minimum atomic E-state index is 0.253. The van der Waals surface area contributed by atoms with Crippen molar-refractivity contribution in [2.45, 2.75) is 39.3 Å². The second kappa shape index (κ2) is 7.42. The van der Waals surface area contributed by atoms with Crippen LogP contribution in [0.25, 0.3) is 0 Å². The molecule has 0 saturated heterocycles. The van der Waals surface area contributed by atoms with Gasteiger partial charge in [0.1, 0.15) is 0 Å². The Hall–Kier alpha value is -0.860. The van der Waals surface area contributed by atoms with Gasteiger partial charge in [-0.05, 0) is 24.9 Å². The van der Waals surface area contributed by atoms with Gasteiger partial charge in [0.15, 0.2) is 0 Å². The first-order chi connectivity index (χ1) is 7.81. The van der Waals surface area contributed by atoms with Crippen molar-refractivity contribution >= 4 is 0 Å². The van der Waals surface area contributed by atoms with Gasteiger partial charge in [-0.25, -0.2) is 0 Å². The molecule has 1 aromatic carbocycles. The molecule has 0 spiro atoms. The first kappa shape index (κ1) is 13.2. The zero-order valence-electron chi connectivity index (χ0n) is 10.4. The first-order valence-corrected chi connectivity index (χ1v) is 6.20. The summed E-state index contributed by atoms with van der Waals surface area (Å²) >= 11 is 0. The normalized spacial score (nSPS) is 13.0. The third-order valence-electron chi connectivity index (χ3n) is 2.94. The number of hydrogen-bond donors (Lipinski definition) is 1. The van der Waals surface area contributed by atoms with Gasteiger partial charge in [0.25, 0.3) is 0 Å². The molecular weight excluding hydrogens is 198 g/mol. The molecule has 1 atom stereocenters. The van der Waals surface area contributed by atoms with Crippen LogP contribution >= 0.6 is 0 Å². The van der Waals surface area contributed by atoms with E-state index in [-0.39, 0.29) is 6.61 Å². The quantitative estimate of drug-likeness (QED) is 0.765. The molecule has 0 aliphatic carbocycles. The van der Waals surface area contributed by atoms with Crippen LogP contribution < -0.4 is 0 Å². The Kier molecular flexibility index (Phi) is 6.12. The summed E-state index contributed by atoms with van der Waals surface area (Å²) in [6.45, 7) is 6.56. The summed E-state index contributed by atoms with van der Waals surface area (Å²) in [5.74, 6) is 0. The Morgan fingerprint density at radius 1 is 1.19 bits per heavy atom. The highest BCUT2D eigenvalue weighted by atomic mass is 16.3. The van der Waals surface area contributed by atoms with E-state index < -0.39 is 0 Å². The molecule has 0 fully saturated rings. The smallest absolute Gasteiger partial charge is 0.0586 e. The van der Waals surface area contributed by atoms with Crippen molar-refractivity contribution in [1.29, 1.82) is 0 Å². The van der Waals surface area contributed by atoms with Crippen LogP contribution in [0.4, 0.5) is 0 Å². The molecule has 90 valence electrons. The number of hydrogen-bond acceptors (Lipinski definition) is 2. The molecule has 1 rings (SSSR count). The average Bonchev–Trinajstić information content (AvgIpc) is 2.32. The highest BCUT2D eigenvalue weighted by molar-refractivity contribution is 5.14. The maximum absolute atomic E-state index is 9.36. The molecule has 0 amide bonds. The monoisotopic (exact) mass is 221 g/mol. The molecule has 0 bridgehead atoms. The van der Waals surface area contributed by atoms with E-state index in [9.17, 15) is 5.11 Å². The molecule has 0 aliphatic rings. The topological polar surface area (TPSA) is 23.5 Å². The lowest BCUT2D eigenvalue weighted by molar-refractivity contribution is 0.113. The van der Waals surface area contributed by atoms with Gasteiger partial charge in [-0.3, -0.25) is 4.90 Å². The van der Waals surface area contributed by atoms with Crippen LogP contribution in [0, 0.1) is 0 Å². The highest BCUT2D eigenvalue weighted by Gasteiger charge is 2.14. The highest BCUT2D eigenvalue weighted by Crippen LogP contribution is 2.11. The lowest BCUT2D eigenvalue weighted by atomic mass is 10.1. The van der Waals surface area contributed by atoms with Gasteiger partial charge in [0, 0.05) is 12.6 Å². The van der Waals surface area contributed by atoms with E-state index in [2.05, 4.69) is 43.0 Å². The van der Waals surface area contributed by atoms with E-state index in [1.54, 1.807) is 0 Å². The zero-order valence-corrected chi connectivity index (χ0v) is 10.4. The molecule has 1 aromatic rings. The Labute approximate surface area is 98.9 Å². The van der Waals surface area contributed by atoms with Crippen LogP contribution in [0.2, 0.25) is 0 Å². The summed E-state index contributed by atoms with van der Waals surface area (Å²) in [7, 11) is 0. The van der Waals surface area contributed by atoms with Gasteiger partial charge in [-0.1, -0.05) is 44.2 Å². The van der Waals surface area contributed by atoms with Crippen molar-refractivity contribution < 1.29 is 5.11 Å². The van der Waals surface area contributed by atoms with Crippen LogP contribution in [0.5, 0.6) is 0 Å². The van der Waals surface area contributed by atoms with Crippen LogP contribution in [-0.4, -0.2) is 29.2 Å². The Bertz CT molecular complexity index is 269. The van der Waals surface area contributed by atoms with Crippen LogP contribution in [0.1, 0.15) is 32.3 Å². The summed E-state index contributed by atoms with van der Waals surface area (Å²) in [5, 5.41) is 9.36. The lowest BCUT2D eigenvalue weighted by Gasteiger charge is -2.29. The van der Waals surface area contributed by atoms with Crippen LogP contribution in [-0.2, 0) is 6.54 Å². The molecule has 16 heavy (non-hydrogen) atoms. The van der Waals surface area contributed by atoms with Crippen molar-refractivity contribution in [3.05, 3.63) is 35.9 Å². The molecule has 2 nitrogen and oxygen atoms in total. The largest absolute Gasteiger partial charge is 0.395 e. The minimum absolute atomic E-state index is 0.253. The van der Waals surface area contributed by atoms with E-state index in [1.807, 2.05) is 6.07 Å². The maximum Gasteiger partial charge on any atom is 0.0586 e. The fraction of sp³-hybridized carbons (Fsp3) is 0.571. The van der Waals surface area contributed by atoms with Crippen molar-refractivity contribution in [3.8, 4) is 0 Å². The number of aliphatic hydroxyl groups is 1. The second-order valence-corrected chi connectivity index (χ2v) is 4.20. The van der Waals surface area contributed by atoms with Gasteiger partial charge in [0.2, 0.25) is 0 Å². The van der Waals surface area contributed by atoms with Crippen LogP contribution in [0.15, 0.2) is 30.3 Å². The molecule has 0 saturated carbocycles. The first-order valence-electron chi connectivity index (χ1n) is 6.20. The fourth-order valence-corrected chi connectivity index (χ4v) is 2.00. The molecule has 0 aliphatic heterocycles. The van der Waals surface area contributed by atoms with Crippen LogP contribution in [0.3, 0.4) is 0 Å². The standard InChI is InChI=1S/C14H23NO/c1-3-10-15(14(4-2)12-16)11-13-8-6-5-7-9-13/h5-9,14,16H,3-4,10-12H2,1-2H3. The third kappa shape index (κ3) is 3.95. The Morgan fingerprint density at radius 2 is 1.88 bits per heavy atom. The van der Waals surface area contributed by atoms with Crippen molar-refractivity contribution in [1.82, 2.24) is 4.90 Å². The predicted octanol–water partition coefficient (Wildman–Crippen LogP) is 2.67. The summed E-state index contributed by atoms with van der Waals surface area (Å²) in [6.07, 6.45) is 2.13. The molecular formula is C14H23NO. The summed E-state index contributed by atoms with van der Waals surface area (Å²) < 4.78 is 0. The third-order valence-corrected chi connectivity index (χ3v) is 2.94. The number of nitrogens with zero attached hydrogens (tertiary/aromatic N) is 1. The Balaban J connectivity index is 2.63. The van der Waals surface area contributed by atoms with Gasteiger partial charge in [-0.2, -0.15) is 0 Å². The lowest BCUT2D eigenvalue weighted by Crippen LogP contribution is -2.37. The average molecular weight is 221 g/mol. The van der Waals surface area contributed by atoms with Crippen molar-refractivity contribution in [3.63, 3.8) is 0 Å². The van der Waals surface area contributed by atoms with E-state index in [1.165, 1.54) is 5.56 Å². The zero-order chi connectivity index (χ0) is 11.8. The van der Waals surface area contributed by atoms with Crippen molar-refractivity contribution in [2.75, 3.05) is 13.2 Å². The molecule has 0 aromatic heterocycles. The van der Waals surface area contributed by atoms with E-state index >= 15 is 0 Å². The fourth-order valence-electron chi connectivity index (χ4n) is 2.00. The summed E-state index contributed by atoms with van der Waals surface area (Å²) in [5.41, 5.74) is 1.32. The van der Waals surface area contributed by atoms with Crippen molar-refractivity contribution in [2.24, 2.45) is 0 Å². The number of aliphatic hydroxyl groups excluding tert-OH is 1. The summed E-state index contributed by atoms with van der Waals surface area (Å²) in [6, 6.07) is 10.8. The molecule has 1 N–H and O–H groups in total. The molecule has 0 radical (unpaired) electrons. The SMILES string of the molecule is CCCN(Cc1ccccc1)C(CC)CO. The number of benzene rings is 1. The second-order valence-electron chi connectivity index (χ2n) is 4.20.